The molecule has 0 fully saturated rings. The topological polar surface area (TPSA) is 12.0 Å². The molecule has 1 N–H and O–H groups in total. The van der Waals surface area contributed by atoms with Crippen LogP contribution in [0, 0.1) is 6.92 Å². The summed E-state index contributed by atoms with van der Waals surface area (Å²) in [5.74, 6) is 0. The molecule has 0 bridgehead atoms. The normalized spacial score (nSPS) is 12.5. The van der Waals surface area contributed by atoms with E-state index in [-0.39, 0.29) is 0 Å². The van der Waals surface area contributed by atoms with Gasteiger partial charge in [-0.2, -0.15) is 0 Å². The van der Waals surface area contributed by atoms with Crippen LogP contribution in [-0.4, -0.2) is 6.04 Å². The lowest BCUT2D eigenvalue weighted by Crippen LogP contribution is -2.15. The van der Waals surface area contributed by atoms with Gasteiger partial charge in [-0.05, 0) is 31.9 Å². The zero-order valence-corrected chi connectivity index (χ0v) is 12.0. The highest BCUT2D eigenvalue weighted by atomic mass is 35.5. The first-order valence-corrected chi connectivity index (χ1v) is 7.04. The summed E-state index contributed by atoms with van der Waals surface area (Å²) in [6.45, 7) is 6.57. The number of hydrogen-bond donors (Lipinski definition) is 1. The average Bonchev–Trinajstić information content (AvgIpc) is 2.30. The molecule has 0 aliphatic rings. The van der Waals surface area contributed by atoms with E-state index in [1.807, 2.05) is 12.1 Å². The molecule has 0 spiro atoms. The number of nitrogens with one attached hydrogen (secondary N) is 1. The van der Waals surface area contributed by atoms with Crippen molar-refractivity contribution in [3.63, 3.8) is 0 Å². The molecular formula is C15H24ClN. The van der Waals surface area contributed by atoms with Crippen LogP contribution in [0.3, 0.4) is 0 Å². The SMILES string of the molecule is CCCCCCC(C)Nc1c(C)cccc1Cl. The van der Waals surface area contributed by atoms with Gasteiger partial charge in [0.2, 0.25) is 0 Å². The zero-order chi connectivity index (χ0) is 12.7. The molecular weight excluding hydrogens is 230 g/mol. The minimum atomic E-state index is 0.491. The van der Waals surface area contributed by atoms with Gasteiger partial charge < -0.3 is 5.32 Å². The molecule has 0 aliphatic carbocycles. The Labute approximate surface area is 111 Å². The van der Waals surface area contributed by atoms with Crippen molar-refractivity contribution >= 4 is 17.3 Å². The highest BCUT2D eigenvalue weighted by Gasteiger charge is 2.07. The maximum Gasteiger partial charge on any atom is 0.0640 e. The molecule has 96 valence electrons. The van der Waals surface area contributed by atoms with Crippen molar-refractivity contribution in [1.29, 1.82) is 0 Å². The maximum absolute atomic E-state index is 6.19. The molecule has 0 aliphatic heterocycles. The van der Waals surface area contributed by atoms with E-state index in [9.17, 15) is 0 Å². The van der Waals surface area contributed by atoms with Crippen molar-refractivity contribution < 1.29 is 0 Å². The molecule has 1 atom stereocenters. The van der Waals surface area contributed by atoms with Gasteiger partial charge in [0.15, 0.2) is 0 Å². The van der Waals surface area contributed by atoms with Crippen LogP contribution in [0.5, 0.6) is 0 Å². The number of rotatable bonds is 7. The molecule has 0 saturated heterocycles. The molecule has 0 radical (unpaired) electrons. The maximum atomic E-state index is 6.19. The minimum absolute atomic E-state index is 0.491. The van der Waals surface area contributed by atoms with E-state index in [2.05, 4.69) is 32.2 Å². The van der Waals surface area contributed by atoms with Gasteiger partial charge in [0, 0.05) is 6.04 Å². The Morgan fingerprint density at radius 3 is 2.65 bits per heavy atom. The Hall–Kier alpha value is -0.690. The standard InChI is InChI=1S/C15H24ClN/c1-4-5-6-7-10-13(3)17-15-12(2)9-8-11-14(15)16/h8-9,11,13,17H,4-7,10H2,1-3H3. The van der Waals surface area contributed by atoms with Gasteiger partial charge in [-0.3, -0.25) is 0 Å². The van der Waals surface area contributed by atoms with Crippen molar-refractivity contribution in [2.45, 2.75) is 58.9 Å². The molecule has 17 heavy (non-hydrogen) atoms. The second-order valence-corrected chi connectivity index (χ2v) is 5.23. The first-order chi connectivity index (χ1) is 8.15. The van der Waals surface area contributed by atoms with Gasteiger partial charge in [0.1, 0.15) is 0 Å². The Morgan fingerprint density at radius 1 is 1.24 bits per heavy atom. The summed E-state index contributed by atoms with van der Waals surface area (Å²) in [6, 6.07) is 6.53. The van der Waals surface area contributed by atoms with E-state index in [0.717, 1.165) is 10.7 Å². The van der Waals surface area contributed by atoms with Crippen LogP contribution in [-0.2, 0) is 0 Å². The molecule has 1 aromatic carbocycles. The third kappa shape index (κ3) is 4.99. The van der Waals surface area contributed by atoms with Crippen molar-refractivity contribution in [1.82, 2.24) is 0 Å². The van der Waals surface area contributed by atoms with Gasteiger partial charge in [-0.25, -0.2) is 0 Å². The second-order valence-electron chi connectivity index (χ2n) is 4.83. The van der Waals surface area contributed by atoms with Crippen LogP contribution in [0.2, 0.25) is 5.02 Å². The van der Waals surface area contributed by atoms with Crippen LogP contribution in [0.15, 0.2) is 18.2 Å². The van der Waals surface area contributed by atoms with Crippen molar-refractivity contribution in [2.24, 2.45) is 0 Å². The highest BCUT2D eigenvalue weighted by Crippen LogP contribution is 2.26. The largest absolute Gasteiger partial charge is 0.381 e. The Bertz CT molecular complexity index is 315. The summed E-state index contributed by atoms with van der Waals surface area (Å²) >= 11 is 6.19. The van der Waals surface area contributed by atoms with Gasteiger partial charge in [-0.15, -0.1) is 0 Å². The van der Waals surface area contributed by atoms with Crippen LogP contribution in [0.25, 0.3) is 0 Å². The fraction of sp³-hybridized carbons (Fsp3) is 0.600. The lowest BCUT2D eigenvalue weighted by molar-refractivity contribution is 0.594. The first kappa shape index (κ1) is 14.4. The number of halogens is 1. The smallest absolute Gasteiger partial charge is 0.0640 e. The lowest BCUT2D eigenvalue weighted by atomic mass is 10.1. The van der Waals surface area contributed by atoms with Crippen LogP contribution >= 0.6 is 11.6 Å². The first-order valence-electron chi connectivity index (χ1n) is 6.66. The van der Waals surface area contributed by atoms with Crippen molar-refractivity contribution in [3.8, 4) is 0 Å². The number of unbranched alkanes of at least 4 members (excludes halogenated alkanes) is 3. The number of anilines is 1. The van der Waals surface area contributed by atoms with Gasteiger partial charge in [0.05, 0.1) is 10.7 Å². The molecule has 1 rings (SSSR count). The molecule has 1 unspecified atom stereocenters. The Balaban J connectivity index is 2.42. The van der Waals surface area contributed by atoms with E-state index < -0.39 is 0 Å². The van der Waals surface area contributed by atoms with Crippen LogP contribution < -0.4 is 5.32 Å². The lowest BCUT2D eigenvalue weighted by Gasteiger charge is -2.18. The second kappa shape index (κ2) is 7.60. The zero-order valence-electron chi connectivity index (χ0n) is 11.2. The Morgan fingerprint density at radius 2 is 2.00 bits per heavy atom. The summed E-state index contributed by atoms with van der Waals surface area (Å²) in [5, 5.41) is 4.35. The number of aryl methyl sites for hydroxylation is 1. The minimum Gasteiger partial charge on any atom is -0.381 e. The van der Waals surface area contributed by atoms with E-state index in [4.69, 9.17) is 11.6 Å². The summed E-state index contributed by atoms with van der Waals surface area (Å²) in [5.41, 5.74) is 2.31. The van der Waals surface area contributed by atoms with Crippen molar-refractivity contribution in [2.75, 3.05) is 5.32 Å². The molecule has 2 heteroatoms. The third-order valence-corrected chi connectivity index (χ3v) is 3.42. The fourth-order valence-corrected chi connectivity index (χ4v) is 2.29. The van der Waals surface area contributed by atoms with E-state index in [1.54, 1.807) is 0 Å². The highest BCUT2D eigenvalue weighted by molar-refractivity contribution is 6.33. The fourth-order valence-electron chi connectivity index (χ4n) is 2.01. The van der Waals surface area contributed by atoms with E-state index in [0.29, 0.717) is 6.04 Å². The molecule has 0 saturated carbocycles. The number of benzene rings is 1. The predicted molar refractivity (Wildman–Crippen MR) is 78.0 cm³/mol. The number of para-hydroxylation sites is 1. The quantitative estimate of drug-likeness (QED) is 0.640. The molecule has 0 heterocycles. The molecule has 1 aromatic rings. The monoisotopic (exact) mass is 253 g/mol. The number of hydrogen-bond acceptors (Lipinski definition) is 1. The van der Waals surface area contributed by atoms with Crippen molar-refractivity contribution in [3.05, 3.63) is 28.8 Å². The molecule has 1 nitrogen and oxygen atoms in total. The summed E-state index contributed by atoms with van der Waals surface area (Å²) < 4.78 is 0. The van der Waals surface area contributed by atoms with Gasteiger partial charge >= 0.3 is 0 Å². The van der Waals surface area contributed by atoms with E-state index >= 15 is 0 Å². The van der Waals surface area contributed by atoms with Gasteiger partial charge in [0.25, 0.3) is 0 Å². The summed E-state index contributed by atoms with van der Waals surface area (Å²) in [4.78, 5) is 0. The average molecular weight is 254 g/mol. The summed E-state index contributed by atoms with van der Waals surface area (Å²) in [7, 11) is 0. The van der Waals surface area contributed by atoms with E-state index in [1.165, 1.54) is 37.7 Å². The molecule has 0 aromatic heterocycles. The van der Waals surface area contributed by atoms with Gasteiger partial charge in [-0.1, -0.05) is 56.3 Å². The Kier molecular flexibility index (Phi) is 6.43. The predicted octanol–water partition coefficient (Wildman–Crippen LogP) is 5.42. The van der Waals surface area contributed by atoms with Crippen LogP contribution in [0.1, 0.15) is 51.5 Å². The third-order valence-electron chi connectivity index (χ3n) is 3.10. The van der Waals surface area contributed by atoms with Crippen LogP contribution in [0.4, 0.5) is 5.69 Å². The summed E-state index contributed by atoms with van der Waals surface area (Å²) in [6.07, 6.45) is 6.49. The molecule has 0 amide bonds.